The maximum atomic E-state index is 13.0. The molecule has 0 aliphatic carbocycles. The van der Waals surface area contributed by atoms with Gasteiger partial charge in [0, 0.05) is 44.5 Å². The van der Waals surface area contributed by atoms with Gasteiger partial charge in [0.15, 0.2) is 0 Å². The molecule has 1 fully saturated rings. The summed E-state index contributed by atoms with van der Waals surface area (Å²) < 4.78 is 3.94. The molecular formula is C18H22N6O. The number of piperidine rings is 1. The van der Waals surface area contributed by atoms with Crippen molar-refractivity contribution in [3.8, 4) is 0 Å². The second kappa shape index (κ2) is 6.31. The molecule has 0 N–H and O–H groups in total. The molecule has 1 aliphatic rings. The smallest absolute Gasteiger partial charge is 0.254 e. The number of imidazole rings is 1. The number of hydrogen-bond acceptors (Lipinski definition) is 4. The Morgan fingerprint density at radius 3 is 3.08 bits per heavy atom. The summed E-state index contributed by atoms with van der Waals surface area (Å²) in [5, 5.41) is 8.12. The van der Waals surface area contributed by atoms with Crippen molar-refractivity contribution >= 4 is 16.9 Å². The van der Waals surface area contributed by atoms with Crippen molar-refractivity contribution in [2.24, 2.45) is 7.05 Å². The zero-order valence-corrected chi connectivity index (χ0v) is 14.6. The number of amides is 1. The van der Waals surface area contributed by atoms with E-state index < -0.39 is 0 Å². The minimum absolute atomic E-state index is 0.0652. The Hall–Kier alpha value is -2.70. The zero-order chi connectivity index (χ0) is 17.4. The number of benzene rings is 1. The molecule has 1 aromatic carbocycles. The molecule has 0 saturated carbocycles. The van der Waals surface area contributed by atoms with Crippen molar-refractivity contribution < 1.29 is 4.79 Å². The van der Waals surface area contributed by atoms with E-state index in [9.17, 15) is 4.79 Å². The molecule has 25 heavy (non-hydrogen) atoms. The maximum Gasteiger partial charge on any atom is 0.254 e. The number of carbonyl (C=O) groups is 1. The summed E-state index contributed by atoms with van der Waals surface area (Å²) in [7, 11) is 1.85. The molecule has 3 heterocycles. The summed E-state index contributed by atoms with van der Waals surface area (Å²) in [5.41, 5.74) is 2.36. The number of likely N-dealkylation sites (tertiary alicyclic amines) is 1. The van der Waals surface area contributed by atoms with Gasteiger partial charge in [-0.2, -0.15) is 0 Å². The third-order valence-corrected chi connectivity index (χ3v) is 5.00. The number of aromatic nitrogens is 5. The molecule has 0 unspecified atom stereocenters. The first-order valence-electron chi connectivity index (χ1n) is 8.77. The van der Waals surface area contributed by atoms with Gasteiger partial charge in [-0.1, -0.05) is 12.1 Å². The van der Waals surface area contributed by atoms with Gasteiger partial charge in [-0.05, 0) is 31.0 Å². The number of carbonyl (C=O) groups excluding carboxylic acids is 1. The van der Waals surface area contributed by atoms with Gasteiger partial charge >= 0.3 is 0 Å². The topological polar surface area (TPSA) is 68.8 Å². The van der Waals surface area contributed by atoms with Gasteiger partial charge in [-0.15, -0.1) is 5.10 Å². The monoisotopic (exact) mass is 338 g/mol. The average molecular weight is 338 g/mol. The highest BCUT2D eigenvalue weighted by molar-refractivity contribution is 5.97. The summed E-state index contributed by atoms with van der Waals surface area (Å²) in [4.78, 5) is 19.3. The molecule has 2 aromatic heterocycles. The highest BCUT2D eigenvalue weighted by Crippen LogP contribution is 2.25. The van der Waals surface area contributed by atoms with E-state index in [1.807, 2.05) is 42.5 Å². The molecule has 130 valence electrons. The molecule has 1 saturated heterocycles. The molecule has 1 amide bonds. The molecule has 7 nitrogen and oxygen atoms in total. The van der Waals surface area contributed by atoms with Gasteiger partial charge in [0.05, 0.1) is 11.6 Å². The molecule has 7 heteroatoms. The van der Waals surface area contributed by atoms with E-state index >= 15 is 0 Å². The zero-order valence-electron chi connectivity index (χ0n) is 14.6. The Balaban J connectivity index is 1.56. The molecule has 4 rings (SSSR count). The summed E-state index contributed by atoms with van der Waals surface area (Å²) in [6.07, 6.45) is 6.87. The van der Waals surface area contributed by atoms with Crippen LogP contribution in [-0.2, 0) is 13.5 Å². The van der Waals surface area contributed by atoms with E-state index in [1.165, 1.54) is 0 Å². The van der Waals surface area contributed by atoms with Gasteiger partial charge < -0.3 is 9.47 Å². The van der Waals surface area contributed by atoms with Crippen molar-refractivity contribution in [3.63, 3.8) is 0 Å². The molecule has 0 radical (unpaired) electrons. The lowest BCUT2D eigenvalue weighted by Crippen LogP contribution is -2.40. The third-order valence-electron chi connectivity index (χ3n) is 5.00. The molecule has 0 spiro atoms. The van der Waals surface area contributed by atoms with Crippen molar-refractivity contribution in [1.29, 1.82) is 0 Å². The highest BCUT2D eigenvalue weighted by Gasteiger charge is 2.26. The Morgan fingerprint density at radius 2 is 2.24 bits per heavy atom. The Bertz CT molecular complexity index is 911. The fourth-order valence-corrected chi connectivity index (χ4v) is 3.67. The van der Waals surface area contributed by atoms with Crippen molar-refractivity contribution in [2.45, 2.75) is 32.2 Å². The summed E-state index contributed by atoms with van der Waals surface area (Å²) in [5.74, 6) is 1.15. The summed E-state index contributed by atoms with van der Waals surface area (Å²) in [6, 6.07) is 5.92. The Labute approximate surface area is 146 Å². The number of rotatable bonds is 3. The van der Waals surface area contributed by atoms with Crippen LogP contribution in [0.3, 0.4) is 0 Å². The number of aryl methyl sites for hydroxylation is 2. The van der Waals surface area contributed by atoms with Crippen LogP contribution in [0.4, 0.5) is 0 Å². The van der Waals surface area contributed by atoms with Crippen molar-refractivity contribution in [1.82, 2.24) is 29.4 Å². The quantitative estimate of drug-likeness (QED) is 0.734. The van der Waals surface area contributed by atoms with Crippen LogP contribution in [0.25, 0.3) is 11.0 Å². The molecule has 0 bridgehead atoms. The second-order valence-electron chi connectivity index (χ2n) is 6.57. The number of hydrogen-bond donors (Lipinski definition) is 0. The third kappa shape index (κ3) is 2.79. The number of fused-ring (bicyclic) bond motifs is 1. The first kappa shape index (κ1) is 15.8. The van der Waals surface area contributed by atoms with Crippen LogP contribution in [0, 0.1) is 0 Å². The maximum absolute atomic E-state index is 13.0. The summed E-state index contributed by atoms with van der Waals surface area (Å²) in [6.45, 7) is 3.63. The summed E-state index contributed by atoms with van der Waals surface area (Å²) >= 11 is 0. The minimum atomic E-state index is 0.0652. The first-order valence-corrected chi connectivity index (χ1v) is 8.77. The SMILES string of the molecule is CCc1nccn1[C@@H]1CCCN(C(=O)c2ccc3c(c2)nnn3C)C1. The lowest BCUT2D eigenvalue weighted by Gasteiger charge is -2.34. The predicted octanol–water partition coefficient (Wildman–Crippen LogP) is 2.20. The van der Waals surface area contributed by atoms with Crippen LogP contribution in [0.1, 0.15) is 42.0 Å². The Kier molecular flexibility index (Phi) is 3.99. The molecule has 1 atom stereocenters. The number of nitrogens with zero attached hydrogens (tertiary/aromatic N) is 6. The largest absolute Gasteiger partial charge is 0.337 e. The Morgan fingerprint density at radius 1 is 1.36 bits per heavy atom. The van der Waals surface area contributed by atoms with Crippen LogP contribution in [0.2, 0.25) is 0 Å². The van der Waals surface area contributed by atoms with E-state index in [-0.39, 0.29) is 5.91 Å². The highest BCUT2D eigenvalue weighted by atomic mass is 16.2. The standard InChI is InChI=1S/C18H22N6O/c1-3-17-19-8-10-24(17)14-5-4-9-23(12-14)18(25)13-6-7-16-15(11-13)20-21-22(16)2/h6-8,10-11,14H,3-5,9,12H2,1-2H3/t14-/m1/s1. The fourth-order valence-electron chi connectivity index (χ4n) is 3.67. The van der Waals surface area contributed by atoms with Crippen LogP contribution in [0.5, 0.6) is 0 Å². The van der Waals surface area contributed by atoms with Gasteiger partial charge in [-0.3, -0.25) is 4.79 Å². The normalized spacial score (nSPS) is 18.0. The van der Waals surface area contributed by atoms with Gasteiger partial charge in [0.2, 0.25) is 0 Å². The van der Waals surface area contributed by atoms with E-state index in [1.54, 1.807) is 4.68 Å². The van der Waals surface area contributed by atoms with E-state index in [0.29, 0.717) is 11.6 Å². The van der Waals surface area contributed by atoms with Crippen LogP contribution < -0.4 is 0 Å². The fraction of sp³-hybridized carbons (Fsp3) is 0.444. The van der Waals surface area contributed by atoms with Gasteiger partial charge in [-0.25, -0.2) is 9.67 Å². The van der Waals surface area contributed by atoms with E-state index in [0.717, 1.165) is 49.2 Å². The lowest BCUT2D eigenvalue weighted by molar-refractivity contribution is 0.0678. The van der Waals surface area contributed by atoms with Crippen LogP contribution >= 0.6 is 0 Å². The van der Waals surface area contributed by atoms with Crippen molar-refractivity contribution in [3.05, 3.63) is 42.0 Å². The van der Waals surface area contributed by atoms with E-state index in [2.05, 4.69) is 26.8 Å². The van der Waals surface area contributed by atoms with Gasteiger partial charge in [0.25, 0.3) is 5.91 Å². The van der Waals surface area contributed by atoms with Crippen LogP contribution in [0.15, 0.2) is 30.6 Å². The van der Waals surface area contributed by atoms with Gasteiger partial charge in [0.1, 0.15) is 11.3 Å². The van der Waals surface area contributed by atoms with Crippen molar-refractivity contribution in [2.75, 3.05) is 13.1 Å². The lowest BCUT2D eigenvalue weighted by atomic mass is 10.0. The van der Waals surface area contributed by atoms with Crippen LogP contribution in [-0.4, -0.2) is 48.4 Å². The predicted molar refractivity (Wildman–Crippen MR) is 94.3 cm³/mol. The molecule has 3 aromatic rings. The van der Waals surface area contributed by atoms with E-state index in [4.69, 9.17) is 0 Å². The molecule has 1 aliphatic heterocycles. The average Bonchev–Trinajstić information content (AvgIpc) is 3.27. The second-order valence-corrected chi connectivity index (χ2v) is 6.57. The first-order chi connectivity index (χ1) is 12.2. The minimum Gasteiger partial charge on any atom is -0.337 e. The molecular weight excluding hydrogens is 316 g/mol.